The molecule has 9 heteroatoms. The summed E-state index contributed by atoms with van der Waals surface area (Å²) in [7, 11) is 0. The summed E-state index contributed by atoms with van der Waals surface area (Å²) < 4.78 is 1.26. The Kier molecular flexibility index (Phi) is 5.15. The zero-order valence-electron chi connectivity index (χ0n) is 17.1. The van der Waals surface area contributed by atoms with Crippen LogP contribution < -0.4 is 10.9 Å². The number of non-ortho nitro benzene ring substituents is 1. The molecule has 0 spiro atoms. The van der Waals surface area contributed by atoms with Crippen molar-refractivity contribution in [2.24, 2.45) is 0 Å². The summed E-state index contributed by atoms with van der Waals surface area (Å²) in [6.45, 7) is -0.190. The third kappa shape index (κ3) is 3.97. The zero-order chi connectivity index (χ0) is 22.9. The van der Waals surface area contributed by atoms with E-state index in [1.807, 2.05) is 42.5 Å². The molecule has 1 N–H and O–H groups in total. The molecule has 0 aliphatic heterocycles. The first kappa shape index (κ1) is 20.5. The Hall–Kier alpha value is -4.37. The molecule has 8 nitrogen and oxygen atoms in total. The molecule has 0 radical (unpaired) electrons. The van der Waals surface area contributed by atoms with Gasteiger partial charge in [-0.2, -0.15) is 0 Å². The molecule has 1 amide bonds. The number of carbonyl (C=O) groups excluding carboxylic acids is 1. The van der Waals surface area contributed by atoms with Gasteiger partial charge in [-0.25, -0.2) is 4.98 Å². The highest BCUT2D eigenvalue weighted by Crippen LogP contribution is 2.31. The van der Waals surface area contributed by atoms with Crippen LogP contribution in [-0.4, -0.2) is 20.4 Å². The van der Waals surface area contributed by atoms with Crippen molar-refractivity contribution in [3.63, 3.8) is 0 Å². The Balaban J connectivity index is 1.43. The van der Waals surface area contributed by atoms with E-state index in [2.05, 4.69) is 10.3 Å². The van der Waals surface area contributed by atoms with Crippen LogP contribution in [0.1, 0.15) is 0 Å². The Labute approximate surface area is 190 Å². The zero-order valence-corrected chi connectivity index (χ0v) is 17.9. The number of nitro benzene ring substituents is 1. The summed E-state index contributed by atoms with van der Waals surface area (Å²) in [5.41, 5.74) is 1.57. The second kappa shape index (κ2) is 8.29. The lowest BCUT2D eigenvalue weighted by atomic mass is 10.1. The molecule has 0 unspecified atom stereocenters. The van der Waals surface area contributed by atoms with Crippen molar-refractivity contribution in [1.29, 1.82) is 0 Å². The van der Waals surface area contributed by atoms with Crippen molar-refractivity contribution < 1.29 is 9.72 Å². The van der Waals surface area contributed by atoms with E-state index in [-0.39, 0.29) is 23.7 Å². The second-order valence-electron chi connectivity index (χ2n) is 7.42. The third-order valence-corrected chi connectivity index (χ3v) is 6.18. The molecular formula is C24H16N4O4S. The molecule has 0 aliphatic carbocycles. The van der Waals surface area contributed by atoms with Gasteiger partial charge in [-0.1, -0.05) is 30.3 Å². The van der Waals surface area contributed by atoms with Crippen LogP contribution in [0.2, 0.25) is 0 Å². The van der Waals surface area contributed by atoms with Crippen LogP contribution in [0.4, 0.5) is 11.4 Å². The van der Waals surface area contributed by atoms with Gasteiger partial charge in [0.2, 0.25) is 5.91 Å². The smallest absolute Gasteiger partial charge is 0.269 e. The number of aromatic nitrogens is 2. The first-order chi connectivity index (χ1) is 16.0. The lowest BCUT2D eigenvalue weighted by Gasteiger charge is -2.09. The van der Waals surface area contributed by atoms with Crippen LogP contribution in [0.25, 0.3) is 32.1 Å². The summed E-state index contributed by atoms with van der Waals surface area (Å²) in [4.78, 5) is 41.1. The predicted molar refractivity (Wildman–Crippen MR) is 129 cm³/mol. The van der Waals surface area contributed by atoms with Crippen molar-refractivity contribution in [2.75, 3.05) is 5.32 Å². The third-order valence-electron chi connectivity index (χ3n) is 5.30. The lowest BCUT2D eigenvalue weighted by molar-refractivity contribution is -0.384. The fraction of sp³-hybridized carbons (Fsp3) is 0.0417. The van der Waals surface area contributed by atoms with Crippen LogP contribution in [0.3, 0.4) is 0 Å². The van der Waals surface area contributed by atoms with Crippen molar-refractivity contribution in [2.45, 2.75) is 6.54 Å². The maximum absolute atomic E-state index is 13.2. The maximum atomic E-state index is 13.2. The lowest BCUT2D eigenvalue weighted by Crippen LogP contribution is -2.27. The number of rotatable bonds is 5. The van der Waals surface area contributed by atoms with Crippen LogP contribution in [0.5, 0.6) is 0 Å². The van der Waals surface area contributed by atoms with Gasteiger partial charge in [0.1, 0.15) is 11.4 Å². The molecule has 0 aliphatic rings. The Morgan fingerprint density at radius 2 is 1.82 bits per heavy atom. The number of amides is 1. The van der Waals surface area contributed by atoms with Crippen LogP contribution in [-0.2, 0) is 11.3 Å². The number of hydrogen-bond donors (Lipinski definition) is 1. The minimum Gasteiger partial charge on any atom is -0.325 e. The van der Waals surface area contributed by atoms with E-state index in [1.54, 1.807) is 17.5 Å². The van der Waals surface area contributed by atoms with E-state index in [1.165, 1.54) is 34.4 Å². The first-order valence-corrected chi connectivity index (χ1v) is 10.9. The van der Waals surface area contributed by atoms with Gasteiger partial charge in [-0.15, -0.1) is 11.3 Å². The second-order valence-corrected chi connectivity index (χ2v) is 8.28. The highest BCUT2D eigenvalue weighted by molar-refractivity contribution is 7.17. The quantitative estimate of drug-likeness (QED) is 0.301. The average molecular weight is 456 g/mol. The van der Waals surface area contributed by atoms with Crippen molar-refractivity contribution in [1.82, 2.24) is 9.55 Å². The number of fused-ring (bicyclic) bond motifs is 2. The van der Waals surface area contributed by atoms with Crippen molar-refractivity contribution >= 4 is 49.6 Å². The number of nitro groups is 1. The summed E-state index contributed by atoms with van der Waals surface area (Å²) in [6, 6.07) is 19.4. The number of nitrogens with one attached hydrogen (secondary N) is 1. The standard InChI is InChI=1S/C24H16N4O4S/c29-21(26-18-8-5-15-3-1-2-4-17(15)11-18)12-27-14-25-23-22(24(27)30)20(13-33-23)16-6-9-19(10-7-16)28(31)32/h1-11,13-14H,12H2,(H,26,29). The maximum Gasteiger partial charge on any atom is 0.269 e. The molecular weight excluding hydrogens is 440 g/mol. The van der Waals surface area contributed by atoms with Crippen LogP contribution in [0, 0.1) is 10.1 Å². The molecule has 5 aromatic rings. The molecule has 0 bridgehead atoms. The number of carbonyl (C=O) groups is 1. The van der Waals surface area contributed by atoms with Crippen LogP contribution >= 0.6 is 11.3 Å². The minimum atomic E-state index is -0.474. The molecule has 0 atom stereocenters. The van der Waals surface area contributed by atoms with Crippen molar-refractivity contribution in [3.8, 4) is 11.1 Å². The Bertz CT molecular complexity index is 1590. The molecule has 3 aromatic carbocycles. The fourth-order valence-corrected chi connectivity index (χ4v) is 4.58. The molecule has 2 heterocycles. The topological polar surface area (TPSA) is 107 Å². The largest absolute Gasteiger partial charge is 0.325 e. The van der Waals surface area contributed by atoms with Gasteiger partial charge >= 0.3 is 0 Å². The number of nitrogens with zero attached hydrogens (tertiary/aromatic N) is 3. The molecule has 0 saturated heterocycles. The van der Waals surface area contributed by atoms with Gasteiger partial charge in [0.05, 0.1) is 16.6 Å². The Morgan fingerprint density at radius 1 is 1.06 bits per heavy atom. The van der Waals surface area contributed by atoms with Gasteiger partial charge in [0, 0.05) is 28.8 Å². The molecule has 0 fully saturated rings. The van der Waals surface area contributed by atoms with Crippen molar-refractivity contribution in [3.05, 3.63) is 98.9 Å². The van der Waals surface area contributed by atoms with Gasteiger partial charge in [-0.3, -0.25) is 24.3 Å². The Morgan fingerprint density at radius 3 is 2.58 bits per heavy atom. The highest BCUT2D eigenvalue weighted by Gasteiger charge is 2.16. The molecule has 0 saturated carbocycles. The monoisotopic (exact) mass is 456 g/mol. The molecule has 162 valence electrons. The van der Waals surface area contributed by atoms with E-state index < -0.39 is 4.92 Å². The average Bonchev–Trinajstić information content (AvgIpc) is 3.26. The van der Waals surface area contributed by atoms with Gasteiger partial charge in [-0.05, 0) is 40.6 Å². The number of hydrogen-bond acceptors (Lipinski definition) is 6. The summed E-state index contributed by atoms with van der Waals surface area (Å²) in [6.07, 6.45) is 1.36. The van der Waals surface area contributed by atoms with E-state index in [0.717, 1.165) is 10.8 Å². The first-order valence-electron chi connectivity index (χ1n) is 10.00. The van der Waals surface area contributed by atoms with E-state index in [4.69, 9.17) is 0 Å². The van der Waals surface area contributed by atoms with E-state index in [9.17, 15) is 19.7 Å². The van der Waals surface area contributed by atoms with Gasteiger partial charge in [0.25, 0.3) is 11.2 Å². The molecule has 33 heavy (non-hydrogen) atoms. The number of benzene rings is 3. The summed E-state index contributed by atoms with van der Waals surface area (Å²) in [5, 5.41) is 18.0. The predicted octanol–water partition coefficient (Wildman–Crippen LogP) is 4.83. The normalized spacial score (nSPS) is 11.0. The molecule has 2 aromatic heterocycles. The SMILES string of the molecule is O=C(Cn1cnc2scc(-c3ccc([N+](=O)[O-])cc3)c2c1=O)Nc1ccc2ccccc2c1. The summed E-state index contributed by atoms with van der Waals surface area (Å²) in [5.74, 6) is -0.347. The van der Waals surface area contributed by atoms with Crippen LogP contribution in [0.15, 0.2) is 83.2 Å². The van der Waals surface area contributed by atoms with Gasteiger partial charge < -0.3 is 5.32 Å². The fourth-order valence-electron chi connectivity index (χ4n) is 3.68. The summed E-state index contributed by atoms with van der Waals surface area (Å²) >= 11 is 1.31. The molecule has 5 rings (SSSR count). The van der Waals surface area contributed by atoms with Gasteiger partial charge in [0.15, 0.2) is 0 Å². The van der Waals surface area contributed by atoms with E-state index in [0.29, 0.717) is 27.0 Å². The number of anilines is 1. The highest BCUT2D eigenvalue weighted by atomic mass is 32.1. The minimum absolute atomic E-state index is 0.0285. The number of thiophene rings is 1. The van der Waals surface area contributed by atoms with E-state index >= 15 is 0 Å².